The average molecular weight is 299 g/mol. The van der Waals surface area contributed by atoms with Gasteiger partial charge < -0.3 is 0 Å². The number of hydrogen-bond acceptors (Lipinski definition) is 6. The van der Waals surface area contributed by atoms with Crippen LogP contribution < -0.4 is 4.72 Å². The van der Waals surface area contributed by atoms with E-state index in [9.17, 15) is 18.5 Å². The van der Waals surface area contributed by atoms with Crippen LogP contribution in [0.1, 0.15) is 5.56 Å². The van der Waals surface area contributed by atoms with E-state index in [2.05, 4.69) is 9.71 Å². The van der Waals surface area contributed by atoms with Crippen LogP contribution in [0.4, 0.5) is 10.1 Å². The Labute approximate surface area is 113 Å². The van der Waals surface area contributed by atoms with Crippen LogP contribution in [0.15, 0.2) is 36.5 Å². The highest BCUT2D eigenvalue weighted by Gasteiger charge is 2.17. The van der Waals surface area contributed by atoms with Crippen molar-refractivity contribution in [2.45, 2.75) is 5.75 Å². The molecule has 0 amide bonds. The zero-order chi connectivity index (χ0) is 13.9. The molecule has 0 unspecified atom stereocenters. The highest BCUT2D eigenvalue weighted by Crippen LogP contribution is 2.26. The first-order valence-corrected chi connectivity index (χ1v) is 7.58. The first-order chi connectivity index (χ1) is 8.96. The molecule has 0 aliphatic heterocycles. The fourth-order valence-electron chi connectivity index (χ4n) is 1.36. The molecule has 0 aliphatic rings. The topological polar surface area (TPSA) is 102 Å². The van der Waals surface area contributed by atoms with Gasteiger partial charge >= 0.3 is 5.00 Å². The van der Waals surface area contributed by atoms with Gasteiger partial charge in [0.25, 0.3) is 0 Å². The standard InChI is InChI=1S/C10H9N3O4S2/c14-13(15)9-6-11-10(18-9)12-19(16,17)7-8-4-2-1-3-5-8/h1-6H,7H2,(H,11,12). The zero-order valence-electron chi connectivity index (χ0n) is 9.52. The lowest BCUT2D eigenvalue weighted by molar-refractivity contribution is -0.380. The molecule has 1 heterocycles. The Hall–Kier alpha value is -2.00. The van der Waals surface area contributed by atoms with Gasteiger partial charge in [0, 0.05) is 0 Å². The van der Waals surface area contributed by atoms with Crippen molar-refractivity contribution in [2.75, 3.05) is 4.72 Å². The number of thiazole rings is 1. The van der Waals surface area contributed by atoms with Crippen molar-refractivity contribution in [3.63, 3.8) is 0 Å². The summed E-state index contributed by atoms with van der Waals surface area (Å²) in [5, 5.41) is 10.2. The summed E-state index contributed by atoms with van der Waals surface area (Å²) in [6.45, 7) is 0. The summed E-state index contributed by atoms with van der Waals surface area (Å²) in [4.78, 5) is 13.5. The van der Waals surface area contributed by atoms with Gasteiger partial charge in [0.15, 0.2) is 0 Å². The molecule has 9 heteroatoms. The van der Waals surface area contributed by atoms with Crippen molar-refractivity contribution in [3.8, 4) is 0 Å². The van der Waals surface area contributed by atoms with Crippen molar-refractivity contribution in [2.24, 2.45) is 0 Å². The molecule has 0 saturated heterocycles. The Kier molecular flexibility index (Phi) is 3.76. The lowest BCUT2D eigenvalue weighted by Gasteiger charge is -2.04. The van der Waals surface area contributed by atoms with Crippen LogP contribution in [-0.4, -0.2) is 18.3 Å². The van der Waals surface area contributed by atoms with Gasteiger partial charge in [-0.1, -0.05) is 30.3 Å². The van der Waals surface area contributed by atoms with E-state index in [4.69, 9.17) is 0 Å². The van der Waals surface area contributed by atoms with E-state index in [-0.39, 0.29) is 15.9 Å². The number of aromatic nitrogens is 1. The number of rotatable bonds is 5. The van der Waals surface area contributed by atoms with Crippen LogP contribution >= 0.6 is 11.3 Å². The van der Waals surface area contributed by atoms with E-state index < -0.39 is 14.9 Å². The Balaban J connectivity index is 2.10. The summed E-state index contributed by atoms with van der Waals surface area (Å²) in [6.07, 6.45) is 1.02. The number of nitrogens with zero attached hydrogens (tertiary/aromatic N) is 2. The molecule has 0 atom stereocenters. The second-order valence-corrected chi connectivity index (χ2v) is 6.34. The Morgan fingerprint density at radius 2 is 2.00 bits per heavy atom. The van der Waals surface area contributed by atoms with Gasteiger partial charge in [0.2, 0.25) is 15.2 Å². The van der Waals surface area contributed by atoms with E-state index in [1.165, 1.54) is 0 Å². The number of nitrogens with one attached hydrogen (secondary N) is 1. The molecule has 7 nitrogen and oxygen atoms in total. The largest absolute Gasteiger partial charge is 0.345 e. The van der Waals surface area contributed by atoms with Gasteiger partial charge in [0.05, 0.1) is 10.7 Å². The second-order valence-electron chi connectivity index (χ2n) is 3.61. The summed E-state index contributed by atoms with van der Waals surface area (Å²) in [5.74, 6) is -0.207. The zero-order valence-corrected chi connectivity index (χ0v) is 11.1. The average Bonchev–Trinajstić information content (AvgIpc) is 2.77. The predicted molar refractivity (Wildman–Crippen MR) is 71.5 cm³/mol. The van der Waals surface area contributed by atoms with Crippen LogP contribution in [0.2, 0.25) is 0 Å². The van der Waals surface area contributed by atoms with E-state index >= 15 is 0 Å². The SMILES string of the molecule is O=[N+]([O-])c1cnc(NS(=O)(=O)Cc2ccccc2)s1. The van der Waals surface area contributed by atoms with Crippen molar-refractivity contribution in [1.29, 1.82) is 0 Å². The molecule has 0 aliphatic carbocycles. The molecule has 0 bridgehead atoms. The molecule has 1 N–H and O–H groups in total. The molecule has 1 aromatic carbocycles. The van der Waals surface area contributed by atoms with Crippen molar-refractivity contribution in [3.05, 3.63) is 52.2 Å². The number of benzene rings is 1. The maximum absolute atomic E-state index is 11.8. The highest BCUT2D eigenvalue weighted by molar-refractivity contribution is 7.92. The Bertz CT molecular complexity index is 682. The van der Waals surface area contributed by atoms with E-state index in [1.807, 2.05) is 0 Å². The number of anilines is 1. The predicted octanol–water partition coefficient (Wildman–Crippen LogP) is 1.99. The molecule has 1 aromatic heterocycles. The molecule has 19 heavy (non-hydrogen) atoms. The molecule has 2 rings (SSSR count). The number of nitro groups is 1. The monoisotopic (exact) mass is 299 g/mol. The first-order valence-electron chi connectivity index (χ1n) is 5.11. The van der Waals surface area contributed by atoms with E-state index in [0.29, 0.717) is 16.9 Å². The first kappa shape index (κ1) is 13.4. The summed E-state index contributed by atoms with van der Waals surface area (Å²) in [7, 11) is -3.62. The van der Waals surface area contributed by atoms with Crippen LogP contribution in [0.5, 0.6) is 0 Å². The summed E-state index contributed by atoms with van der Waals surface area (Å²) >= 11 is 0.678. The van der Waals surface area contributed by atoms with Gasteiger partial charge in [-0.15, -0.1) is 0 Å². The van der Waals surface area contributed by atoms with Crippen LogP contribution in [0.25, 0.3) is 0 Å². The van der Waals surface area contributed by atoms with Crippen molar-refractivity contribution in [1.82, 2.24) is 4.98 Å². The van der Waals surface area contributed by atoms with Gasteiger partial charge in [-0.05, 0) is 16.9 Å². The Morgan fingerprint density at radius 3 is 2.58 bits per heavy atom. The molecular formula is C10H9N3O4S2. The lowest BCUT2D eigenvalue weighted by Crippen LogP contribution is -2.14. The minimum Gasteiger partial charge on any atom is -0.258 e. The normalized spacial score (nSPS) is 11.2. The highest BCUT2D eigenvalue weighted by atomic mass is 32.2. The number of hydrogen-bond donors (Lipinski definition) is 1. The maximum Gasteiger partial charge on any atom is 0.345 e. The second kappa shape index (κ2) is 5.33. The van der Waals surface area contributed by atoms with Crippen LogP contribution in [0.3, 0.4) is 0 Å². The smallest absolute Gasteiger partial charge is 0.258 e. The third kappa shape index (κ3) is 3.73. The Morgan fingerprint density at radius 1 is 1.32 bits per heavy atom. The third-order valence-electron chi connectivity index (χ3n) is 2.12. The quantitative estimate of drug-likeness (QED) is 0.672. The fraction of sp³-hybridized carbons (Fsp3) is 0.100. The molecule has 0 radical (unpaired) electrons. The lowest BCUT2D eigenvalue weighted by atomic mass is 10.2. The number of sulfonamides is 1. The molecule has 100 valence electrons. The molecule has 0 saturated carbocycles. The van der Waals surface area contributed by atoms with Gasteiger partial charge in [-0.25, -0.2) is 13.4 Å². The van der Waals surface area contributed by atoms with Gasteiger partial charge in [-0.3, -0.25) is 14.8 Å². The third-order valence-corrected chi connectivity index (χ3v) is 4.33. The van der Waals surface area contributed by atoms with Crippen LogP contribution in [0, 0.1) is 10.1 Å². The molecule has 0 fully saturated rings. The van der Waals surface area contributed by atoms with Crippen LogP contribution in [-0.2, 0) is 15.8 Å². The summed E-state index contributed by atoms with van der Waals surface area (Å²) < 4.78 is 25.9. The maximum atomic E-state index is 11.8. The molecule has 0 spiro atoms. The molecular weight excluding hydrogens is 290 g/mol. The van der Waals surface area contributed by atoms with E-state index in [1.54, 1.807) is 30.3 Å². The van der Waals surface area contributed by atoms with E-state index in [0.717, 1.165) is 6.20 Å². The minimum absolute atomic E-state index is 0.0115. The van der Waals surface area contributed by atoms with Gasteiger partial charge in [-0.2, -0.15) is 0 Å². The summed E-state index contributed by atoms with van der Waals surface area (Å²) in [6, 6.07) is 8.62. The molecule has 2 aromatic rings. The van der Waals surface area contributed by atoms with Crippen molar-refractivity contribution >= 4 is 31.5 Å². The minimum atomic E-state index is -3.62. The summed E-state index contributed by atoms with van der Waals surface area (Å²) in [5.41, 5.74) is 0.626. The van der Waals surface area contributed by atoms with Crippen molar-refractivity contribution < 1.29 is 13.3 Å². The fourth-order valence-corrected chi connectivity index (χ4v) is 3.41. The van der Waals surface area contributed by atoms with Gasteiger partial charge in [0.1, 0.15) is 6.20 Å².